The molecule has 0 aromatic heterocycles. The smallest absolute Gasteiger partial charge is 0.263 e. The Bertz CT molecular complexity index is 845. The Morgan fingerprint density at radius 2 is 1.60 bits per heavy atom. The van der Waals surface area contributed by atoms with Gasteiger partial charge in [-0.05, 0) is 37.5 Å². The Hall–Kier alpha value is -2.95. The molecule has 0 N–H and O–H groups in total. The van der Waals surface area contributed by atoms with Crippen molar-refractivity contribution in [3.63, 3.8) is 0 Å². The van der Waals surface area contributed by atoms with Gasteiger partial charge in [0.1, 0.15) is 0 Å². The molecule has 2 aromatic carbocycles. The van der Waals surface area contributed by atoms with Gasteiger partial charge in [0.25, 0.3) is 0 Å². The predicted octanol–water partition coefficient (Wildman–Crippen LogP) is 3.36. The Morgan fingerprint density at radius 3 is 2.28 bits per heavy atom. The molecule has 1 heterocycles. The molecule has 1 aliphatic heterocycles. The summed E-state index contributed by atoms with van der Waals surface area (Å²) in [6.45, 7) is 5.73. The lowest BCUT2D eigenvalue weighted by Gasteiger charge is -2.22. The number of hydrogen-bond donors (Lipinski definition) is 0. The molecular formula is C20H20N2O3. The maximum absolute atomic E-state index is 12.8. The van der Waals surface area contributed by atoms with Crippen LogP contribution in [0.2, 0.25) is 0 Å². The summed E-state index contributed by atoms with van der Waals surface area (Å²) in [4.78, 5) is 39.6. The third-order valence-electron chi connectivity index (χ3n) is 4.59. The average Bonchev–Trinajstić information content (AvgIpc) is 2.82. The molecule has 3 rings (SSSR count). The SMILES string of the molecule is Cc1ccc(C)c(CN2C(=O)C(=O)N(C(C)c3ccccc3)C2=O)c1. The summed E-state index contributed by atoms with van der Waals surface area (Å²) in [6.07, 6.45) is 0. The van der Waals surface area contributed by atoms with Gasteiger partial charge in [-0.2, -0.15) is 0 Å². The number of urea groups is 1. The van der Waals surface area contributed by atoms with Crippen LogP contribution in [0.1, 0.15) is 35.2 Å². The fourth-order valence-electron chi connectivity index (χ4n) is 3.02. The van der Waals surface area contributed by atoms with Crippen LogP contribution >= 0.6 is 0 Å². The quantitative estimate of drug-likeness (QED) is 0.635. The van der Waals surface area contributed by atoms with E-state index in [1.165, 1.54) is 0 Å². The molecule has 0 saturated carbocycles. The van der Waals surface area contributed by atoms with E-state index in [-0.39, 0.29) is 6.54 Å². The van der Waals surface area contributed by atoms with Gasteiger partial charge in [0, 0.05) is 0 Å². The van der Waals surface area contributed by atoms with Crippen LogP contribution in [0.4, 0.5) is 4.79 Å². The summed E-state index contributed by atoms with van der Waals surface area (Å²) in [5.74, 6) is -1.54. The summed E-state index contributed by atoms with van der Waals surface area (Å²) < 4.78 is 0. The number of rotatable bonds is 4. The van der Waals surface area contributed by atoms with Crippen LogP contribution < -0.4 is 0 Å². The van der Waals surface area contributed by atoms with Gasteiger partial charge in [0.2, 0.25) is 0 Å². The number of carbonyl (C=O) groups excluding carboxylic acids is 3. The molecule has 25 heavy (non-hydrogen) atoms. The number of imide groups is 2. The first-order valence-electron chi connectivity index (χ1n) is 8.20. The number of hydrogen-bond acceptors (Lipinski definition) is 3. The minimum atomic E-state index is -0.772. The highest BCUT2D eigenvalue weighted by Crippen LogP contribution is 2.27. The van der Waals surface area contributed by atoms with Crippen molar-refractivity contribution in [2.45, 2.75) is 33.4 Å². The topological polar surface area (TPSA) is 57.7 Å². The molecule has 1 saturated heterocycles. The molecule has 0 bridgehead atoms. The van der Waals surface area contributed by atoms with E-state index in [0.717, 1.165) is 32.1 Å². The van der Waals surface area contributed by atoms with Gasteiger partial charge >= 0.3 is 17.8 Å². The van der Waals surface area contributed by atoms with Gasteiger partial charge in [0.05, 0.1) is 12.6 Å². The molecule has 0 spiro atoms. The van der Waals surface area contributed by atoms with Crippen molar-refractivity contribution >= 4 is 17.8 Å². The van der Waals surface area contributed by atoms with E-state index < -0.39 is 23.9 Å². The lowest BCUT2D eigenvalue weighted by atomic mass is 10.1. The van der Waals surface area contributed by atoms with Gasteiger partial charge in [-0.3, -0.25) is 14.5 Å². The second kappa shape index (κ2) is 6.51. The second-order valence-electron chi connectivity index (χ2n) is 6.37. The van der Waals surface area contributed by atoms with Crippen LogP contribution in [-0.2, 0) is 16.1 Å². The molecule has 1 unspecified atom stereocenters. The maximum atomic E-state index is 12.8. The van der Waals surface area contributed by atoms with Gasteiger partial charge in [-0.15, -0.1) is 0 Å². The summed E-state index contributed by atoms with van der Waals surface area (Å²) in [5, 5.41) is 0. The Morgan fingerprint density at radius 1 is 0.920 bits per heavy atom. The molecule has 2 aromatic rings. The Labute approximate surface area is 146 Å². The van der Waals surface area contributed by atoms with Gasteiger partial charge in [0.15, 0.2) is 0 Å². The fourth-order valence-corrected chi connectivity index (χ4v) is 3.02. The molecule has 0 radical (unpaired) electrons. The minimum Gasteiger partial charge on any atom is -0.263 e. The molecule has 5 heteroatoms. The summed E-state index contributed by atoms with van der Waals surface area (Å²) in [6, 6.07) is 14.0. The minimum absolute atomic E-state index is 0.106. The van der Waals surface area contributed by atoms with Crippen LogP contribution in [0.25, 0.3) is 0 Å². The lowest BCUT2D eigenvalue weighted by Crippen LogP contribution is -2.35. The average molecular weight is 336 g/mol. The zero-order valence-electron chi connectivity index (χ0n) is 14.5. The van der Waals surface area contributed by atoms with Gasteiger partial charge in [-0.25, -0.2) is 9.69 Å². The van der Waals surface area contributed by atoms with E-state index in [4.69, 9.17) is 0 Å². The number of carbonyl (C=O) groups is 3. The zero-order valence-corrected chi connectivity index (χ0v) is 14.5. The van der Waals surface area contributed by atoms with Crippen molar-refractivity contribution in [1.82, 2.24) is 9.80 Å². The molecule has 1 atom stereocenters. The zero-order chi connectivity index (χ0) is 18.1. The highest BCUT2D eigenvalue weighted by molar-refractivity contribution is 6.44. The predicted molar refractivity (Wildman–Crippen MR) is 93.6 cm³/mol. The summed E-state index contributed by atoms with van der Waals surface area (Å²) in [7, 11) is 0. The maximum Gasteiger partial charge on any atom is 0.335 e. The van der Waals surface area contributed by atoms with E-state index in [2.05, 4.69) is 0 Å². The lowest BCUT2D eigenvalue weighted by molar-refractivity contribution is -0.144. The normalized spacial score (nSPS) is 15.9. The standard InChI is InChI=1S/C20H20N2O3/c1-13-9-10-14(2)17(11-13)12-21-18(23)19(24)22(20(21)25)15(3)16-7-5-4-6-8-16/h4-11,15H,12H2,1-3H3. The first-order valence-corrected chi connectivity index (χ1v) is 8.20. The highest BCUT2D eigenvalue weighted by Gasteiger charge is 2.46. The Balaban J connectivity index is 1.88. The van der Waals surface area contributed by atoms with Gasteiger partial charge in [-0.1, -0.05) is 54.1 Å². The van der Waals surface area contributed by atoms with Crippen molar-refractivity contribution in [3.8, 4) is 0 Å². The van der Waals surface area contributed by atoms with E-state index in [1.807, 2.05) is 62.4 Å². The van der Waals surface area contributed by atoms with E-state index in [0.29, 0.717) is 0 Å². The number of nitrogens with zero attached hydrogens (tertiary/aromatic N) is 2. The second-order valence-corrected chi connectivity index (χ2v) is 6.37. The van der Waals surface area contributed by atoms with E-state index in [1.54, 1.807) is 6.92 Å². The van der Waals surface area contributed by atoms with Crippen molar-refractivity contribution in [2.24, 2.45) is 0 Å². The molecular weight excluding hydrogens is 316 g/mol. The first kappa shape index (κ1) is 16.9. The summed E-state index contributed by atoms with van der Waals surface area (Å²) in [5.41, 5.74) is 3.70. The highest BCUT2D eigenvalue weighted by atomic mass is 16.2. The molecule has 1 fully saturated rings. The number of aryl methyl sites for hydroxylation is 2. The van der Waals surface area contributed by atoms with E-state index >= 15 is 0 Å². The first-order chi connectivity index (χ1) is 11.9. The van der Waals surface area contributed by atoms with E-state index in [9.17, 15) is 14.4 Å². The van der Waals surface area contributed by atoms with Crippen molar-refractivity contribution in [2.75, 3.05) is 0 Å². The number of amides is 4. The monoisotopic (exact) mass is 336 g/mol. The van der Waals surface area contributed by atoms with Crippen LogP contribution in [-0.4, -0.2) is 27.6 Å². The van der Waals surface area contributed by atoms with Crippen molar-refractivity contribution < 1.29 is 14.4 Å². The molecule has 5 nitrogen and oxygen atoms in total. The third kappa shape index (κ3) is 3.05. The van der Waals surface area contributed by atoms with Crippen LogP contribution in [0.5, 0.6) is 0 Å². The third-order valence-corrected chi connectivity index (χ3v) is 4.59. The van der Waals surface area contributed by atoms with Crippen LogP contribution in [0.15, 0.2) is 48.5 Å². The molecule has 0 aliphatic carbocycles. The van der Waals surface area contributed by atoms with Crippen LogP contribution in [0.3, 0.4) is 0 Å². The molecule has 128 valence electrons. The van der Waals surface area contributed by atoms with Crippen molar-refractivity contribution in [3.05, 3.63) is 70.8 Å². The summed E-state index contributed by atoms with van der Waals surface area (Å²) >= 11 is 0. The molecule has 4 amide bonds. The largest absolute Gasteiger partial charge is 0.335 e. The van der Waals surface area contributed by atoms with Gasteiger partial charge < -0.3 is 0 Å². The Kier molecular flexibility index (Phi) is 4.40. The number of benzene rings is 2. The van der Waals surface area contributed by atoms with Crippen LogP contribution in [0, 0.1) is 13.8 Å². The fraction of sp³-hybridized carbons (Fsp3) is 0.250. The molecule has 1 aliphatic rings. The van der Waals surface area contributed by atoms with Crippen molar-refractivity contribution in [1.29, 1.82) is 0 Å².